The molecule has 0 bridgehead atoms. The molecule has 0 unspecified atom stereocenters. The van der Waals surface area contributed by atoms with Crippen LogP contribution >= 0.6 is 22.7 Å². The Kier molecular flexibility index (Phi) is 6.80. The smallest absolute Gasteiger partial charge is 0.182 e. The number of hydrogen-bond acceptors (Lipinski definition) is 6. The number of aromatic nitrogens is 2. The third kappa shape index (κ3) is 5.18. The molecule has 0 saturated carbocycles. The van der Waals surface area contributed by atoms with Gasteiger partial charge < -0.3 is 4.79 Å². The molecule has 0 aromatic carbocycles. The summed E-state index contributed by atoms with van der Waals surface area (Å²) in [5, 5.41) is 3.55. The molecule has 0 aliphatic rings. The number of ketones is 2. The molecule has 0 fully saturated rings. The second-order valence-corrected chi connectivity index (χ2v) is 7.18. The van der Waals surface area contributed by atoms with E-state index in [1.807, 2.05) is 24.5 Å². The highest BCUT2D eigenvalue weighted by Crippen LogP contribution is 2.31. The molecule has 2 rings (SSSR count). The molecule has 6 heteroatoms. The van der Waals surface area contributed by atoms with Crippen LogP contribution in [0.15, 0.2) is 17.7 Å². The van der Waals surface area contributed by atoms with E-state index in [0.717, 1.165) is 34.2 Å². The molecular formula is C17H20N2O2S2. The Morgan fingerprint density at radius 1 is 1.17 bits per heavy atom. The Hall–Kier alpha value is -1.66. The van der Waals surface area contributed by atoms with E-state index in [1.54, 1.807) is 13.1 Å². The van der Waals surface area contributed by atoms with E-state index in [4.69, 9.17) is 0 Å². The van der Waals surface area contributed by atoms with Crippen molar-refractivity contribution in [2.75, 3.05) is 0 Å². The molecule has 0 aliphatic heterocycles. The summed E-state index contributed by atoms with van der Waals surface area (Å²) in [6, 6.07) is 0. The summed E-state index contributed by atoms with van der Waals surface area (Å²) in [5.41, 5.74) is 0.546. The van der Waals surface area contributed by atoms with Crippen molar-refractivity contribution >= 4 is 40.3 Å². The van der Waals surface area contributed by atoms with Crippen LogP contribution < -0.4 is 0 Å². The van der Waals surface area contributed by atoms with Gasteiger partial charge in [-0.3, -0.25) is 4.79 Å². The fourth-order valence-corrected chi connectivity index (χ4v) is 3.90. The lowest BCUT2D eigenvalue weighted by atomic mass is 10.1. The van der Waals surface area contributed by atoms with Crippen LogP contribution in [0, 0.1) is 0 Å². The van der Waals surface area contributed by atoms with Gasteiger partial charge >= 0.3 is 0 Å². The summed E-state index contributed by atoms with van der Waals surface area (Å²) in [7, 11) is 0. The molecule has 4 nitrogen and oxygen atoms in total. The van der Waals surface area contributed by atoms with Crippen LogP contribution in [0.25, 0.3) is 16.1 Å². The predicted octanol–water partition coefficient (Wildman–Crippen LogP) is 5.02. The molecule has 23 heavy (non-hydrogen) atoms. The number of Topliss-reactive ketones (excluding diaryl/α,β-unsaturated/α-hetero) is 2. The molecule has 2 aromatic heterocycles. The van der Waals surface area contributed by atoms with Gasteiger partial charge in [0.15, 0.2) is 15.8 Å². The normalized spacial score (nSPS) is 11.2. The summed E-state index contributed by atoms with van der Waals surface area (Å²) < 4.78 is 0. The van der Waals surface area contributed by atoms with Gasteiger partial charge in [0, 0.05) is 24.4 Å². The van der Waals surface area contributed by atoms with Crippen molar-refractivity contribution in [2.45, 2.75) is 46.0 Å². The van der Waals surface area contributed by atoms with Gasteiger partial charge in [0.05, 0.1) is 4.88 Å². The first-order chi connectivity index (χ1) is 11.1. The number of allylic oxidation sites excluding steroid dienone is 1. The van der Waals surface area contributed by atoms with Crippen LogP contribution in [-0.2, 0) is 4.79 Å². The Balaban J connectivity index is 2.02. The zero-order valence-corrected chi connectivity index (χ0v) is 15.0. The molecule has 0 saturated heterocycles. The average molecular weight is 348 g/mol. The third-order valence-electron chi connectivity index (χ3n) is 3.28. The van der Waals surface area contributed by atoms with E-state index in [2.05, 4.69) is 9.97 Å². The van der Waals surface area contributed by atoms with Crippen LogP contribution in [0.4, 0.5) is 0 Å². The second-order valence-electron chi connectivity index (χ2n) is 5.25. The van der Waals surface area contributed by atoms with Gasteiger partial charge in [0.1, 0.15) is 11.5 Å². The van der Waals surface area contributed by atoms with Crippen molar-refractivity contribution in [2.24, 2.45) is 0 Å². The van der Waals surface area contributed by atoms with Crippen molar-refractivity contribution in [3.8, 4) is 10.0 Å². The SMILES string of the molecule is C/C=C/c1sc(-c2nccs2)nc1C(=O)CCCCCC(C)=O. The summed E-state index contributed by atoms with van der Waals surface area (Å²) >= 11 is 3.03. The van der Waals surface area contributed by atoms with Gasteiger partial charge in [-0.2, -0.15) is 0 Å². The molecule has 0 amide bonds. The van der Waals surface area contributed by atoms with Crippen LogP contribution in [0.3, 0.4) is 0 Å². The Bertz CT molecular complexity index is 688. The maximum absolute atomic E-state index is 12.4. The number of carbonyl (C=O) groups excluding carboxylic acids is 2. The van der Waals surface area contributed by atoms with Gasteiger partial charge in [0.2, 0.25) is 0 Å². The molecule has 2 aromatic rings. The molecule has 0 radical (unpaired) electrons. The minimum atomic E-state index is 0.0694. The maximum Gasteiger partial charge on any atom is 0.182 e. The zero-order chi connectivity index (χ0) is 16.7. The maximum atomic E-state index is 12.4. The van der Waals surface area contributed by atoms with E-state index in [1.165, 1.54) is 22.7 Å². The van der Waals surface area contributed by atoms with Gasteiger partial charge in [0.25, 0.3) is 0 Å². The first kappa shape index (κ1) is 17.7. The zero-order valence-electron chi connectivity index (χ0n) is 13.4. The van der Waals surface area contributed by atoms with Crippen LogP contribution in [0.5, 0.6) is 0 Å². The quantitative estimate of drug-likeness (QED) is 0.471. The van der Waals surface area contributed by atoms with E-state index in [9.17, 15) is 9.59 Å². The lowest BCUT2D eigenvalue weighted by Crippen LogP contribution is -2.02. The lowest BCUT2D eigenvalue weighted by molar-refractivity contribution is -0.117. The number of hydrogen-bond donors (Lipinski definition) is 0. The standard InChI is InChI=1S/C17H20N2O2S2/c1-3-7-14-15(13(21)9-6-4-5-8-12(2)20)19-17(23-14)16-18-10-11-22-16/h3,7,10-11H,4-6,8-9H2,1-2H3/b7-3+. The Labute approximate surface area is 144 Å². The van der Waals surface area contributed by atoms with E-state index < -0.39 is 0 Å². The Morgan fingerprint density at radius 2 is 1.96 bits per heavy atom. The summed E-state index contributed by atoms with van der Waals surface area (Å²) in [6.07, 6.45) is 9.21. The average Bonchev–Trinajstić information content (AvgIpc) is 3.15. The topological polar surface area (TPSA) is 59.9 Å². The summed E-state index contributed by atoms with van der Waals surface area (Å²) in [5.74, 6) is 0.277. The second kappa shape index (κ2) is 8.84. The third-order valence-corrected chi connectivity index (χ3v) is 5.22. The highest BCUT2D eigenvalue weighted by Gasteiger charge is 2.18. The predicted molar refractivity (Wildman–Crippen MR) is 96.0 cm³/mol. The molecule has 0 N–H and O–H groups in total. The first-order valence-electron chi connectivity index (χ1n) is 7.68. The largest absolute Gasteiger partial charge is 0.300 e. The molecule has 2 heterocycles. The Morgan fingerprint density at radius 3 is 2.61 bits per heavy atom. The van der Waals surface area contributed by atoms with Crippen molar-refractivity contribution < 1.29 is 9.59 Å². The van der Waals surface area contributed by atoms with Crippen molar-refractivity contribution in [3.05, 3.63) is 28.2 Å². The fraction of sp³-hybridized carbons (Fsp3) is 0.412. The van der Waals surface area contributed by atoms with Gasteiger partial charge in [-0.15, -0.1) is 22.7 Å². The van der Waals surface area contributed by atoms with E-state index >= 15 is 0 Å². The summed E-state index contributed by atoms with van der Waals surface area (Å²) in [4.78, 5) is 33.0. The number of carbonyl (C=O) groups is 2. The number of nitrogens with zero attached hydrogens (tertiary/aromatic N) is 2. The molecule has 0 atom stereocenters. The summed E-state index contributed by atoms with van der Waals surface area (Å²) in [6.45, 7) is 3.53. The van der Waals surface area contributed by atoms with Gasteiger partial charge in [-0.25, -0.2) is 9.97 Å². The molecular weight excluding hydrogens is 328 g/mol. The van der Waals surface area contributed by atoms with E-state index in [0.29, 0.717) is 18.5 Å². The molecule has 0 spiro atoms. The first-order valence-corrected chi connectivity index (χ1v) is 9.37. The highest BCUT2D eigenvalue weighted by molar-refractivity contribution is 7.21. The minimum Gasteiger partial charge on any atom is -0.300 e. The number of rotatable bonds is 9. The lowest BCUT2D eigenvalue weighted by Gasteiger charge is -1.99. The van der Waals surface area contributed by atoms with Crippen LogP contribution in [-0.4, -0.2) is 21.5 Å². The van der Waals surface area contributed by atoms with Crippen LogP contribution in [0.1, 0.15) is 61.3 Å². The molecule has 0 aliphatic carbocycles. The monoisotopic (exact) mass is 348 g/mol. The highest BCUT2D eigenvalue weighted by atomic mass is 32.1. The van der Waals surface area contributed by atoms with E-state index in [-0.39, 0.29) is 11.6 Å². The van der Waals surface area contributed by atoms with Crippen molar-refractivity contribution in [1.82, 2.24) is 9.97 Å². The fourth-order valence-electron chi connectivity index (χ4n) is 2.17. The van der Waals surface area contributed by atoms with Crippen LogP contribution in [0.2, 0.25) is 0 Å². The van der Waals surface area contributed by atoms with Gasteiger partial charge in [-0.05, 0) is 32.8 Å². The van der Waals surface area contributed by atoms with Gasteiger partial charge in [-0.1, -0.05) is 12.5 Å². The van der Waals surface area contributed by atoms with Crippen molar-refractivity contribution in [1.29, 1.82) is 0 Å². The number of thiazole rings is 2. The number of unbranched alkanes of at least 4 members (excludes halogenated alkanes) is 2. The molecule has 122 valence electrons. The van der Waals surface area contributed by atoms with Crippen molar-refractivity contribution in [3.63, 3.8) is 0 Å². The minimum absolute atomic E-state index is 0.0694.